The summed E-state index contributed by atoms with van der Waals surface area (Å²) in [6, 6.07) is 6.21. The van der Waals surface area contributed by atoms with Gasteiger partial charge in [-0.05, 0) is 130 Å². The van der Waals surface area contributed by atoms with Gasteiger partial charge in [0.2, 0.25) is 0 Å². The Kier molecular flexibility index (Phi) is 12.6. The van der Waals surface area contributed by atoms with Crippen molar-refractivity contribution in [2.24, 2.45) is 23.7 Å². The van der Waals surface area contributed by atoms with Crippen molar-refractivity contribution in [1.29, 1.82) is 0 Å². The van der Waals surface area contributed by atoms with Crippen molar-refractivity contribution < 1.29 is 19.0 Å². The van der Waals surface area contributed by atoms with Crippen LogP contribution in [0.15, 0.2) is 30.4 Å². The molecule has 1 N–H and O–H groups in total. The molecular formula is C36H55FO3. The summed E-state index contributed by atoms with van der Waals surface area (Å²) in [7, 11) is 0. The van der Waals surface area contributed by atoms with Crippen molar-refractivity contribution in [1.82, 2.24) is 0 Å². The molecule has 1 aromatic rings. The van der Waals surface area contributed by atoms with Crippen molar-refractivity contribution >= 4 is 5.97 Å². The average molecular weight is 555 g/mol. The first-order chi connectivity index (χ1) is 19.5. The lowest BCUT2D eigenvalue weighted by atomic mass is 9.68. The van der Waals surface area contributed by atoms with Gasteiger partial charge in [0.1, 0.15) is 5.82 Å². The third-order valence-electron chi connectivity index (χ3n) is 10.8. The Morgan fingerprint density at radius 1 is 0.850 bits per heavy atom. The standard InChI is InChI=1S/C36H55FO3/c1-3-4-5-7-27-9-13-29(14-10-27)30-17-19-32(20-18-30)34-22-21-33(24-35(34)37)31-15-11-28(12-16-31)8-6-23-40-36(39)26(2)25-38/h21-22,24,27-32,38H,2-20,23,25H2,1H3. The van der Waals surface area contributed by atoms with E-state index in [1.54, 1.807) is 0 Å². The van der Waals surface area contributed by atoms with Gasteiger partial charge in [-0.15, -0.1) is 0 Å². The first-order valence-electron chi connectivity index (χ1n) is 16.7. The summed E-state index contributed by atoms with van der Waals surface area (Å²) in [5.74, 6) is 3.81. The SMILES string of the molecule is C=C(CO)C(=O)OCCCC1CCC(c2ccc(C3CCC(C4CCC(CCCCC)CC4)CC3)c(F)c2)CC1. The molecule has 1 aromatic carbocycles. The molecule has 4 rings (SSSR count). The molecule has 0 amide bonds. The van der Waals surface area contributed by atoms with Gasteiger partial charge < -0.3 is 9.84 Å². The van der Waals surface area contributed by atoms with E-state index < -0.39 is 5.97 Å². The van der Waals surface area contributed by atoms with E-state index in [4.69, 9.17) is 9.84 Å². The van der Waals surface area contributed by atoms with E-state index in [9.17, 15) is 4.79 Å². The predicted octanol–water partition coefficient (Wildman–Crippen LogP) is 9.63. The summed E-state index contributed by atoms with van der Waals surface area (Å²) in [5.41, 5.74) is 2.26. The number of carbonyl (C=O) groups excluding carboxylic acids is 1. The van der Waals surface area contributed by atoms with Gasteiger partial charge in [0, 0.05) is 0 Å². The fourth-order valence-electron chi connectivity index (χ4n) is 8.15. The Balaban J connectivity index is 1.16. The van der Waals surface area contributed by atoms with Crippen LogP contribution in [0.4, 0.5) is 4.39 Å². The van der Waals surface area contributed by atoms with Crippen molar-refractivity contribution in [3.05, 3.63) is 47.3 Å². The number of aliphatic hydroxyl groups excluding tert-OH is 1. The summed E-state index contributed by atoms with van der Waals surface area (Å²) in [6.07, 6.45) is 22.7. The number of carbonyl (C=O) groups is 1. The zero-order valence-corrected chi connectivity index (χ0v) is 25.2. The summed E-state index contributed by atoms with van der Waals surface area (Å²) in [5, 5.41) is 8.94. The fourth-order valence-corrected chi connectivity index (χ4v) is 8.15. The number of esters is 1. The third-order valence-corrected chi connectivity index (χ3v) is 10.8. The molecule has 3 aliphatic rings. The van der Waals surface area contributed by atoms with E-state index in [0.29, 0.717) is 24.4 Å². The predicted molar refractivity (Wildman–Crippen MR) is 162 cm³/mol. The molecular weight excluding hydrogens is 499 g/mol. The van der Waals surface area contributed by atoms with E-state index in [1.165, 1.54) is 69.8 Å². The van der Waals surface area contributed by atoms with Crippen LogP contribution < -0.4 is 0 Å². The van der Waals surface area contributed by atoms with Gasteiger partial charge in [0.25, 0.3) is 0 Å². The van der Waals surface area contributed by atoms with Crippen LogP contribution in [-0.2, 0) is 9.53 Å². The quantitative estimate of drug-likeness (QED) is 0.150. The number of benzene rings is 1. The van der Waals surface area contributed by atoms with E-state index in [2.05, 4.69) is 25.6 Å². The van der Waals surface area contributed by atoms with Crippen LogP contribution in [0.1, 0.15) is 145 Å². The van der Waals surface area contributed by atoms with Crippen LogP contribution in [0.25, 0.3) is 0 Å². The zero-order valence-electron chi connectivity index (χ0n) is 25.2. The van der Waals surface area contributed by atoms with Gasteiger partial charge in [-0.3, -0.25) is 0 Å². The number of halogens is 1. The number of rotatable bonds is 13. The Labute approximate surface area is 243 Å². The van der Waals surface area contributed by atoms with Crippen LogP contribution >= 0.6 is 0 Å². The monoisotopic (exact) mass is 554 g/mol. The van der Waals surface area contributed by atoms with E-state index in [1.807, 2.05) is 6.07 Å². The van der Waals surface area contributed by atoms with Crippen LogP contribution in [0.2, 0.25) is 0 Å². The molecule has 0 aliphatic heterocycles. The lowest BCUT2D eigenvalue weighted by Crippen LogP contribution is -2.25. The molecule has 0 bridgehead atoms. The minimum atomic E-state index is -0.500. The molecule has 3 aliphatic carbocycles. The summed E-state index contributed by atoms with van der Waals surface area (Å²) in [4.78, 5) is 11.6. The molecule has 0 atom stereocenters. The molecule has 0 unspecified atom stereocenters. The molecule has 0 radical (unpaired) electrons. The van der Waals surface area contributed by atoms with Gasteiger partial charge in [-0.1, -0.05) is 64.2 Å². The second-order valence-electron chi connectivity index (χ2n) is 13.4. The topological polar surface area (TPSA) is 46.5 Å². The lowest BCUT2D eigenvalue weighted by molar-refractivity contribution is -0.139. The molecule has 0 saturated heterocycles. The summed E-state index contributed by atoms with van der Waals surface area (Å²) >= 11 is 0. The first-order valence-corrected chi connectivity index (χ1v) is 16.7. The Morgan fingerprint density at radius 3 is 2.02 bits per heavy atom. The molecule has 4 heteroatoms. The zero-order chi connectivity index (χ0) is 28.3. The molecule has 40 heavy (non-hydrogen) atoms. The highest BCUT2D eigenvalue weighted by Gasteiger charge is 2.32. The van der Waals surface area contributed by atoms with Gasteiger partial charge in [-0.25, -0.2) is 9.18 Å². The summed E-state index contributed by atoms with van der Waals surface area (Å²) < 4.78 is 20.5. The van der Waals surface area contributed by atoms with Crippen LogP contribution in [0, 0.1) is 29.5 Å². The molecule has 0 aromatic heterocycles. The minimum absolute atomic E-state index is 0.0296. The van der Waals surface area contributed by atoms with Crippen molar-refractivity contribution in [2.75, 3.05) is 13.2 Å². The van der Waals surface area contributed by atoms with Crippen LogP contribution in [0.5, 0.6) is 0 Å². The lowest BCUT2D eigenvalue weighted by Gasteiger charge is -2.38. The minimum Gasteiger partial charge on any atom is -0.462 e. The number of ether oxygens (including phenoxy) is 1. The molecule has 3 nitrogen and oxygen atoms in total. The maximum absolute atomic E-state index is 15.4. The van der Waals surface area contributed by atoms with Gasteiger partial charge in [0.15, 0.2) is 0 Å². The maximum Gasteiger partial charge on any atom is 0.335 e. The number of unbranched alkanes of at least 4 members (excludes halogenated alkanes) is 2. The number of hydrogen-bond donors (Lipinski definition) is 1. The Morgan fingerprint density at radius 2 is 1.43 bits per heavy atom. The number of aliphatic hydroxyl groups is 1. The average Bonchev–Trinajstić information content (AvgIpc) is 2.99. The molecule has 3 saturated carbocycles. The normalized spacial score (nSPS) is 29.2. The Bertz CT molecular complexity index is 918. The highest BCUT2D eigenvalue weighted by atomic mass is 19.1. The number of hydrogen-bond acceptors (Lipinski definition) is 3. The van der Waals surface area contributed by atoms with E-state index in [0.717, 1.165) is 74.7 Å². The van der Waals surface area contributed by atoms with Crippen LogP contribution in [0.3, 0.4) is 0 Å². The maximum atomic E-state index is 15.4. The van der Waals surface area contributed by atoms with Crippen LogP contribution in [-0.4, -0.2) is 24.3 Å². The molecule has 0 spiro atoms. The largest absolute Gasteiger partial charge is 0.462 e. The van der Waals surface area contributed by atoms with Gasteiger partial charge >= 0.3 is 5.97 Å². The van der Waals surface area contributed by atoms with Crippen molar-refractivity contribution in [2.45, 2.75) is 134 Å². The summed E-state index contributed by atoms with van der Waals surface area (Å²) in [6.45, 7) is 5.82. The van der Waals surface area contributed by atoms with Crippen molar-refractivity contribution in [3.8, 4) is 0 Å². The fraction of sp³-hybridized carbons (Fsp3) is 0.750. The van der Waals surface area contributed by atoms with Crippen molar-refractivity contribution in [3.63, 3.8) is 0 Å². The van der Waals surface area contributed by atoms with Gasteiger partial charge in [-0.2, -0.15) is 0 Å². The molecule has 224 valence electrons. The Hall–Kier alpha value is -1.68. The molecule has 0 heterocycles. The highest BCUT2D eigenvalue weighted by molar-refractivity contribution is 5.87. The highest BCUT2D eigenvalue weighted by Crippen LogP contribution is 2.45. The first kappa shape index (κ1) is 31.3. The smallest absolute Gasteiger partial charge is 0.335 e. The second-order valence-corrected chi connectivity index (χ2v) is 13.4. The third kappa shape index (κ3) is 8.91. The van der Waals surface area contributed by atoms with E-state index in [-0.39, 0.29) is 18.0 Å². The second kappa shape index (κ2) is 16.1. The van der Waals surface area contributed by atoms with Gasteiger partial charge in [0.05, 0.1) is 18.8 Å². The van der Waals surface area contributed by atoms with E-state index >= 15 is 4.39 Å². The molecule has 3 fully saturated rings.